The summed E-state index contributed by atoms with van der Waals surface area (Å²) in [5.74, 6) is 0.126. The van der Waals surface area contributed by atoms with Gasteiger partial charge in [0.25, 0.3) is 0 Å². The van der Waals surface area contributed by atoms with E-state index in [0.29, 0.717) is 32.6 Å². The average Bonchev–Trinajstić information content (AvgIpc) is 2.76. The molecule has 0 bridgehead atoms. The fourth-order valence-electron chi connectivity index (χ4n) is 3.60. The zero-order chi connectivity index (χ0) is 19.6. The van der Waals surface area contributed by atoms with E-state index in [1.807, 2.05) is 55.7 Å². The molecule has 1 aromatic carbocycles. The number of aromatic amines is 1. The Labute approximate surface area is 160 Å². The first kappa shape index (κ1) is 19.3. The molecule has 0 spiro atoms. The van der Waals surface area contributed by atoms with Gasteiger partial charge in [-0.2, -0.15) is 0 Å². The minimum atomic E-state index is -0.258. The van der Waals surface area contributed by atoms with E-state index in [1.54, 1.807) is 0 Å². The molecular weight excluding hydrogens is 340 g/mol. The molecule has 2 aromatic rings. The second kappa shape index (κ2) is 7.62. The maximum Gasteiger partial charge on any atom is 0.317 e. The summed E-state index contributed by atoms with van der Waals surface area (Å²) in [6, 6.07) is 8.04. The van der Waals surface area contributed by atoms with Gasteiger partial charge in [0.05, 0.1) is 6.42 Å². The molecule has 3 rings (SSSR count). The van der Waals surface area contributed by atoms with Crippen molar-refractivity contribution in [3.05, 3.63) is 35.5 Å². The molecule has 2 heterocycles. The van der Waals surface area contributed by atoms with E-state index >= 15 is 0 Å². The molecule has 27 heavy (non-hydrogen) atoms. The molecule has 6 heteroatoms. The van der Waals surface area contributed by atoms with Crippen LogP contribution in [0.5, 0.6) is 0 Å². The molecule has 0 atom stereocenters. The van der Waals surface area contributed by atoms with Crippen LogP contribution < -0.4 is 5.32 Å². The van der Waals surface area contributed by atoms with Crippen LogP contribution in [0, 0.1) is 6.92 Å². The van der Waals surface area contributed by atoms with Crippen molar-refractivity contribution in [1.29, 1.82) is 0 Å². The molecule has 6 nitrogen and oxygen atoms in total. The number of fused-ring (bicyclic) bond motifs is 1. The van der Waals surface area contributed by atoms with E-state index in [-0.39, 0.29) is 17.5 Å². The Hall–Kier alpha value is -2.50. The predicted octanol–water partition coefficient (Wildman–Crippen LogP) is 3.06. The summed E-state index contributed by atoms with van der Waals surface area (Å²) in [5, 5.41) is 4.12. The number of aromatic nitrogens is 1. The molecule has 2 N–H and O–H groups in total. The van der Waals surface area contributed by atoms with Gasteiger partial charge in [-0.1, -0.05) is 18.2 Å². The lowest BCUT2D eigenvalue weighted by molar-refractivity contribution is -0.130. The van der Waals surface area contributed by atoms with Gasteiger partial charge in [0.1, 0.15) is 0 Å². The number of nitrogens with one attached hydrogen (secondary N) is 2. The van der Waals surface area contributed by atoms with Crippen LogP contribution in [-0.2, 0) is 11.2 Å². The van der Waals surface area contributed by atoms with Crippen LogP contribution >= 0.6 is 0 Å². The zero-order valence-corrected chi connectivity index (χ0v) is 16.8. The van der Waals surface area contributed by atoms with Gasteiger partial charge < -0.3 is 20.1 Å². The Morgan fingerprint density at radius 1 is 1.07 bits per heavy atom. The quantitative estimate of drug-likeness (QED) is 0.853. The van der Waals surface area contributed by atoms with E-state index in [0.717, 1.165) is 28.6 Å². The third kappa shape index (κ3) is 4.62. The minimum absolute atomic E-state index is 0.0516. The summed E-state index contributed by atoms with van der Waals surface area (Å²) >= 11 is 0. The van der Waals surface area contributed by atoms with Gasteiger partial charge in [-0.3, -0.25) is 4.79 Å². The van der Waals surface area contributed by atoms with Crippen molar-refractivity contribution >= 4 is 22.8 Å². The maximum absolute atomic E-state index is 12.9. The summed E-state index contributed by atoms with van der Waals surface area (Å²) in [7, 11) is 0. The average molecular weight is 370 g/mol. The lowest BCUT2D eigenvalue weighted by Crippen LogP contribution is -2.49. The first-order chi connectivity index (χ1) is 12.7. The highest BCUT2D eigenvalue weighted by Crippen LogP contribution is 2.23. The first-order valence-electron chi connectivity index (χ1n) is 9.65. The fraction of sp³-hybridized carbons (Fsp3) is 0.524. The Bertz CT molecular complexity index is 834. The van der Waals surface area contributed by atoms with Gasteiger partial charge in [-0.25, -0.2) is 4.79 Å². The number of nitrogens with zero attached hydrogens (tertiary/aromatic N) is 2. The van der Waals surface area contributed by atoms with Gasteiger partial charge >= 0.3 is 6.03 Å². The summed E-state index contributed by atoms with van der Waals surface area (Å²) < 4.78 is 0. The SMILES string of the molecule is Cc1[nH]c2ccccc2c1CC(=O)N1CCCN(C(=O)NC(C)(C)C)CC1. The third-order valence-electron chi connectivity index (χ3n) is 4.97. The fourth-order valence-corrected chi connectivity index (χ4v) is 3.60. The van der Waals surface area contributed by atoms with Crippen LogP contribution in [0.25, 0.3) is 10.9 Å². The summed E-state index contributed by atoms with van der Waals surface area (Å²) in [4.78, 5) is 32.4. The van der Waals surface area contributed by atoms with Crippen molar-refractivity contribution in [2.24, 2.45) is 0 Å². The highest BCUT2D eigenvalue weighted by atomic mass is 16.2. The van der Waals surface area contributed by atoms with E-state index in [4.69, 9.17) is 0 Å². The maximum atomic E-state index is 12.9. The van der Waals surface area contributed by atoms with Crippen molar-refractivity contribution in [3.63, 3.8) is 0 Å². The number of para-hydroxylation sites is 1. The van der Waals surface area contributed by atoms with Crippen LogP contribution in [0.4, 0.5) is 4.79 Å². The molecule has 1 aromatic heterocycles. The van der Waals surface area contributed by atoms with E-state index in [1.165, 1.54) is 0 Å². The topological polar surface area (TPSA) is 68.4 Å². The molecule has 1 saturated heterocycles. The molecule has 0 unspecified atom stereocenters. The summed E-state index contributed by atoms with van der Waals surface area (Å²) in [6.45, 7) is 10.5. The number of H-pyrrole nitrogens is 1. The van der Waals surface area contributed by atoms with Crippen molar-refractivity contribution in [2.75, 3.05) is 26.2 Å². The number of carbonyl (C=O) groups excluding carboxylic acids is 2. The van der Waals surface area contributed by atoms with E-state index < -0.39 is 0 Å². The van der Waals surface area contributed by atoms with Crippen molar-refractivity contribution in [1.82, 2.24) is 20.1 Å². The number of benzene rings is 1. The Morgan fingerprint density at radius 3 is 2.48 bits per heavy atom. The summed E-state index contributed by atoms with van der Waals surface area (Å²) in [6.07, 6.45) is 1.19. The number of rotatable bonds is 2. The van der Waals surface area contributed by atoms with Crippen LogP contribution in [0.1, 0.15) is 38.4 Å². The highest BCUT2D eigenvalue weighted by molar-refractivity contribution is 5.90. The number of carbonyl (C=O) groups is 2. The van der Waals surface area contributed by atoms with E-state index in [2.05, 4.69) is 16.4 Å². The largest absolute Gasteiger partial charge is 0.358 e. The molecule has 1 aliphatic rings. The molecule has 0 aliphatic carbocycles. The lowest BCUT2D eigenvalue weighted by Gasteiger charge is -2.27. The molecule has 1 fully saturated rings. The van der Waals surface area contributed by atoms with E-state index in [9.17, 15) is 9.59 Å². The van der Waals surface area contributed by atoms with Gasteiger partial charge in [-0.15, -0.1) is 0 Å². The number of hydrogen-bond donors (Lipinski definition) is 2. The predicted molar refractivity (Wildman–Crippen MR) is 108 cm³/mol. The van der Waals surface area contributed by atoms with Crippen LogP contribution in [-0.4, -0.2) is 58.4 Å². The molecule has 0 saturated carbocycles. The van der Waals surface area contributed by atoms with Crippen LogP contribution in [0.2, 0.25) is 0 Å². The third-order valence-corrected chi connectivity index (χ3v) is 4.97. The van der Waals surface area contributed by atoms with Gasteiger partial charge in [0.2, 0.25) is 5.91 Å². The minimum Gasteiger partial charge on any atom is -0.358 e. The lowest BCUT2D eigenvalue weighted by atomic mass is 10.1. The zero-order valence-electron chi connectivity index (χ0n) is 16.8. The number of urea groups is 1. The monoisotopic (exact) mass is 370 g/mol. The molecule has 146 valence electrons. The second-order valence-electron chi connectivity index (χ2n) is 8.35. The standard InChI is InChI=1S/C21H30N4O2/c1-15-17(16-8-5-6-9-18(16)22-15)14-19(26)24-10-7-11-25(13-12-24)20(27)23-21(2,3)4/h5-6,8-9,22H,7,10-14H2,1-4H3,(H,23,27). The smallest absolute Gasteiger partial charge is 0.317 e. The van der Waals surface area contributed by atoms with Gasteiger partial charge in [-0.05, 0) is 45.7 Å². The van der Waals surface area contributed by atoms with Crippen molar-refractivity contribution < 1.29 is 9.59 Å². The van der Waals surface area contributed by atoms with Crippen molar-refractivity contribution in [3.8, 4) is 0 Å². The number of hydrogen-bond acceptors (Lipinski definition) is 2. The second-order valence-corrected chi connectivity index (χ2v) is 8.35. The number of aryl methyl sites for hydroxylation is 1. The van der Waals surface area contributed by atoms with Gasteiger partial charge in [0.15, 0.2) is 0 Å². The normalized spacial score (nSPS) is 15.7. The Morgan fingerprint density at radius 2 is 1.74 bits per heavy atom. The van der Waals surface area contributed by atoms with Crippen LogP contribution in [0.15, 0.2) is 24.3 Å². The molecule has 3 amide bonds. The molecular formula is C21H30N4O2. The van der Waals surface area contributed by atoms with Crippen LogP contribution in [0.3, 0.4) is 0 Å². The summed E-state index contributed by atoms with van der Waals surface area (Å²) in [5.41, 5.74) is 2.93. The van der Waals surface area contributed by atoms with Gasteiger partial charge in [0, 0.05) is 48.3 Å². The molecule has 0 radical (unpaired) electrons. The Kier molecular flexibility index (Phi) is 5.44. The molecule has 1 aliphatic heterocycles. The Balaban J connectivity index is 1.64. The first-order valence-corrected chi connectivity index (χ1v) is 9.65. The number of amides is 3. The van der Waals surface area contributed by atoms with Crippen molar-refractivity contribution in [2.45, 2.75) is 46.1 Å². The highest BCUT2D eigenvalue weighted by Gasteiger charge is 2.25.